The van der Waals surface area contributed by atoms with Gasteiger partial charge in [-0.05, 0) is 30.9 Å². The normalized spacial score (nSPS) is 16.8. The average Bonchev–Trinajstić information content (AvgIpc) is 2.89. The van der Waals surface area contributed by atoms with Crippen molar-refractivity contribution in [3.63, 3.8) is 0 Å². The molecule has 6 nitrogen and oxygen atoms in total. The van der Waals surface area contributed by atoms with E-state index < -0.39 is 0 Å². The molecule has 0 saturated carbocycles. The van der Waals surface area contributed by atoms with E-state index in [-0.39, 0.29) is 5.91 Å². The summed E-state index contributed by atoms with van der Waals surface area (Å²) in [7, 11) is 1.85. The van der Waals surface area contributed by atoms with Crippen molar-refractivity contribution in [2.75, 3.05) is 13.1 Å². The molecule has 1 aromatic carbocycles. The zero-order valence-electron chi connectivity index (χ0n) is 12.7. The molecule has 0 aliphatic carbocycles. The second kappa shape index (κ2) is 6.27. The first-order valence-corrected chi connectivity index (χ1v) is 7.59. The van der Waals surface area contributed by atoms with Crippen LogP contribution in [-0.2, 0) is 11.8 Å². The van der Waals surface area contributed by atoms with Crippen molar-refractivity contribution < 1.29 is 9.59 Å². The van der Waals surface area contributed by atoms with E-state index in [1.54, 1.807) is 4.68 Å². The first kappa shape index (κ1) is 14.7. The number of aryl methyl sites for hydroxylation is 1. The van der Waals surface area contributed by atoms with Crippen LogP contribution in [0.5, 0.6) is 0 Å². The Bertz CT molecular complexity index is 687. The Morgan fingerprint density at radius 3 is 2.91 bits per heavy atom. The highest BCUT2D eigenvalue weighted by molar-refractivity contribution is 6.05. The second-order valence-corrected chi connectivity index (χ2v) is 5.81. The van der Waals surface area contributed by atoms with Gasteiger partial charge in [-0.15, -0.1) is 0 Å². The van der Waals surface area contributed by atoms with Gasteiger partial charge in [-0.3, -0.25) is 14.9 Å². The van der Waals surface area contributed by atoms with Crippen LogP contribution in [0.1, 0.15) is 29.6 Å². The minimum Gasteiger partial charge on any atom is -0.303 e. The smallest absolute Gasteiger partial charge is 0.266 e. The van der Waals surface area contributed by atoms with Gasteiger partial charge in [0.05, 0.1) is 11.1 Å². The maximum absolute atomic E-state index is 12.5. The van der Waals surface area contributed by atoms with Crippen LogP contribution in [0.2, 0.25) is 0 Å². The van der Waals surface area contributed by atoms with E-state index in [1.807, 2.05) is 36.5 Å². The van der Waals surface area contributed by atoms with E-state index in [0.29, 0.717) is 17.9 Å². The molecule has 116 valence electrons. The molecule has 0 unspecified atom stereocenters. The van der Waals surface area contributed by atoms with Crippen molar-refractivity contribution in [3.8, 4) is 0 Å². The number of amides is 1. The third-order valence-corrected chi connectivity index (χ3v) is 4.21. The number of nitrogens with zero attached hydrogens (tertiary/aromatic N) is 3. The number of aldehydes is 1. The standard InChI is InChI=1S/C16H20N4O2/c1-19-11-14-13(3-2-4-15(14)17-19)16(22)18-20-8-5-12(6-9-20)7-10-21/h2-4,10-12H,5-9H2,1H3,(H,18,22). The van der Waals surface area contributed by atoms with Crippen molar-refractivity contribution in [3.05, 3.63) is 30.0 Å². The van der Waals surface area contributed by atoms with E-state index in [2.05, 4.69) is 10.5 Å². The molecule has 3 rings (SSSR count). The van der Waals surface area contributed by atoms with Gasteiger partial charge in [-0.2, -0.15) is 5.10 Å². The molecule has 6 heteroatoms. The molecule has 0 spiro atoms. The van der Waals surface area contributed by atoms with Crippen LogP contribution in [0, 0.1) is 5.92 Å². The number of hydrogen-bond donors (Lipinski definition) is 1. The summed E-state index contributed by atoms with van der Waals surface area (Å²) in [5, 5.41) is 7.13. The molecule has 0 radical (unpaired) electrons. The maximum Gasteiger partial charge on any atom is 0.266 e. The number of nitrogens with one attached hydrogen (secondary N) is 1. The van der Waals surface area contributed by atoms with Crippen LogP contribution in [0.3, 0.4) is 0 Å². The molecule has 1 N–H and O–H groups in total. The number of hydrazine groups is 1. The molecule has 2 aromatic rings. The number of carbonyl (C=O) groups excluding carboxylic acids is 2. The van der Waals surface area contributed by atoms with Gasteiger partial charge >= 0.3 is 0 Å². The fourth-order valence-corrected chi connectivity index (χ4v) is 2.98. The Balaban J connectivity index is 1.68. The average molecular weight is 300 g/mol. The highest BCUT2D eigenvalue weighted by atomic mass is 16.2. The number of benzene rings is 1. The first-order chi connectivity index (χ1) is 10.7. The van der Waals surface area contributed by atoms with E-state index >= 15 is 0 Å². The summed E-state index contributed by atoms with van der Waals surface area (Å²) in [6.45, 7) is 1.57. The number of fused-ring (bicyclic) bond motifs is 1. The Hall–Kier alpha value is -2.21. The van der Waals surface area contributed by atoms with Crippen LogP contribution >= 0.6 is 0 Å². The summed E-state index contributed by atoms with van der Waals surface area (Å²) in [5.41, 5.74) is 4.43. The number of rotatable bonds is 4. The molecule has 2 heterocycles. The van der Waals surface area contributed by atoms with Crippen molar-refractivity contribution in [1.82, 2.24) is 20.2 Å². The topological polar surface area (TPSA) is 67.2 Å². The van der Waals surface area contributed by atoms with Gasteiger partial charge in [0.15, 0.2) is 0 Å². The molecule has 1 aromatic heterocycles. The van der Waals surface area contributed by atoms with Crippen LogP contribution in [0.15, 0.2) is 24.4 Å². The van der Waals surface area contributed by atoms with Gasteiger partial charge in [-0.1, -0.05) is 6.07 Å². The fourth-order valence-electron chi connectivity index (χ4n) is 2.98. The summed E-state index contributed by atoms with van der Waals surface area (Å²) >= 11 is 0. The summed E-state index contributed by atoms with van der Waals surface area (Å²) in [5.74, 6) is 0.347. The van der Waals surface area contributed by atoms with Crippen molar-refractivity contribution >= 4 is 23.1 Å². The van der Waals surface area contributed by atoms with E-state index in [4.69, 9.17) is 0 Å². The lowest BCUT2D eigenvalue weighted by Crippen LogP contribution is -2.46. The van der Waals surface area contributed by atoms with E-state index in [9.17, 15) is 9.59 Å². The lowest BCUT2D eigenvalue weighted by molar-refractivity contribution is -0.109. The molecular weight excluding hydrogens is 280 g/mol. The molecule has 1 amide bonds. The minimum absolute atomic E-state index is 0.104. The Morgan fingerprint density at radius 2 is 2.18 bits per heavy atom. The van der Waals surface area contributed by atoms with E-state index in [1.165, 1.54) is 0 Å². The Kier molecular flexibility index (Phi) is 4.20. The van der Waals surface area contributed by atoms with Gasteiger partial charge in [-0.25, -0.2) is 5.01 Å². The SMILES string of the molecule is Cn1cc2c(C(=O)NN3CCC(CC=O)CC3)cccc2n1. The molecule has 0 bridgehead atoms. The zero-order chi connectivity index (χ0) is 15.5. The Morgan fingerprint density at radius 1 is 1.41 bits per heavy atom. The highest BCUT2D eigenvalue weighted by Crippen LogP contribution is 2.20. The molecule has 22 heavy (non-hydrogen) atoms. The van der Waals surface area contributed by atoms with E-state index in [0.717, 1.165) is 43.1 Å². The predicted octanol–water partition coefficient (Wildman–Crippen LogP) is 1.52. The summed E-state index contributed by atoms with van der Waals surface area (Å²) < 4.78 is 1.71. The van der Waals surface area contributed by atoms with Crippen LogP contribution < -0.4 is 5.43 Å². The van der Waals surface area contributed by atoms with Gasteiger partial charge < -0.3 is 4.79 Å². The van der Waals surface area contributed by atoms with Crippen molar-refractivity contribution in [2.24, 2.45) is 13.0 Å². The minimum atomic E-state index is -0.104. The largest absolute Gasteiger partial charge is 0.303 e. The van der Waals surface area contributed by atoms with Gasteiger partial charge in [0.1, 0.15) is 6.29 Å². The number of carbonyl (C=O) groups is 2. The van der Waals surface area contributed by atoms with Gasteiger partial charge in [0.25, 0.3) is 5.91 Å². The van der Waals surface area contributed by atoms with Crippen molar-refractivity contribution in [1.29, 1.82) is 0 Å². The summed E-state index contributed by atoms with van der Waals surface area (Å²) in [4.78, 5) is 23.0. The molecule has 1 aliphatic heterocycles. The first-order valence-electron chi connectivity index (χ1n) is 7.59. The molecule has 1 aliphatic rings. The Labute approximate surface area is 129 Å². The number of piperidine rings is 1. The lowest BCUT2D eigenvalue weighted by atomic mass is 9.95. The molecule has 0 atom stereocenters. The van der Waals surface area contributed by atoms with Crippen LogP contribution in [0.4, 0.5) is 0 Å². The third-order valence-electron chi connectivity index (χ3n) is 4.21. The second-order valence-electron chi connectivity index (χ2n) is 5.81. The predicted molar refractivity (Wildman–Crippen MR) is 83.2 cm³/mol. The van der Waals surface area contributed by atoms with Gasteiger partial charge in [0.2, 0.25) is 0 Å². The molecular formula is C16H20N4O2. The van der Waals surface area contributed by atoms with Gasteiger partial charge in [0, 0.05) is 38.1 Å². The number of hydrogen-bond acceptors (Lipinski definition) is 4. The third kappa shape index (κ3) is 3.01. The molecule has 1 fully saturated rings. The van der Waals surface area contributed by atoms with Crippen molar-refractivity contribution in [2.45, 2.75) is 19.3 Å². The zero-order valence-corrected chi connectivity index (χ0v) is 12.7. The van der Waals surface area contributed by atoms with Crippen LogP contribution in [-0.4, -0.2) is 40.1 Å². The summed E-state index contributed by atoms with van der Waals surface area (Å²) in [6.07, 6.45) is 5.35. The fraction of sp³-hybridized carbons (Fsp3) is 0.438. The van der Waals surface area contributed by atoms with Crippen LogP contribution in [0.25, 0.3) is 10.9 Å². The monoisotopic (exact) mass is 300 g/mol. The maximum atomic E-state index is 12.5. The lowest BCUT2D eigenvalue weighted by Gasteiger charge is -2.31. The number of aromatic nitrogens is 2. The molecule has 1 saturated heterocycles. The quantitative estimate of drug-likeness (QED) is 0.869. The highest BCUT2D eigenvalue weighted by Gasteiger charge is 2.21. The summed E-state index contributed by atoms with van der Waals surface area (Å²) in [6, 6.07) is 5.57.